The summed E-state index contributed by atoms with van der Waals surface area (Å²) in [5.41, 5.74) is 2.44. The smallest absolute Gasteiger partial charge is 0.293 e. The summed E-state index contributed by atoms with van der Waals surface area (Å²) in [6.07, 6.45) is 2.34. The second-order valence-electron chi connectivity index (χ2n) is 7.55. The third kappa shape index (κ3) is 5.97. The molecule has 174 valence electrons. The van der Waals surface area contributed by atoms with Crippen molar-refractivity contribution in [3.8, 4) is 11.5 Å². The quantitative estimate of drug-likeness (QED) is 0.444. The summed E-state index contributed by atoms with van der Waals surface area (Å²) in [6.45, 7) is 5.54. The number of nitrogens with one attached hydrogen (secondary N) is 1. The van der Waals surface area contributed by atoms with Crippen molar-refractivity contribution in [2.24, 2.45) is 0 Å². The molecule has 0 aromatic heterocycles. The lowest BCUT2D eigenvalue weighted by Crippen LogP contribution is -2.36. The van der Waals surface area contributed by atoms with Gasteiger partial charge in [0.25, 0.3) is 17.1 Å². The Hall–Kier alpha value is -2.78. The largest absolute Gasteiger partial charge is 0.493 e. The highest BCUT2D eigenvalue weighted by Gasteiger charge is 2.37. The zero-order chi connectivity index (χ0) is 24.1. The number of methoxy groups -OCH3 is 1. The first-order valence-electron chi connectivity index (χ1n) is 10.4. The van der Waals surface area contributed by atoms with Gasteiger partial charge < -0.3 is 14.8 Å². The summed E-state index contributed by atoms with van der Waals surface area (Å²) >= 11 is 4.37. The summed E-state index contributed by atoms with van der Waals surface area (Å²) in [5, 5.41) is 2.50. The molecule has 3 amide bonds. The van der Waals surface area contributed by atoms with Crippen LogP contribution in [0.2, 0.25) is 0 Å². The van der Waals surface area contributed by atoms with E-state index in [0.717, 1.165) is 17.3 Å². The number of amides is 3. The van der Waals surface area contributed by atoms with E-state index in [1.807, 2.05) is 45.0 Å². The van der Waals surface area contributed by atoms with Gasteiger partial charge in [0.15, 0.2) is 18.1 Å². The lowest BCUT2D eigenvalue weighted by molar-refractivity contribution is -0.124. The van der Waals surface area contributed by atoms with Crippen molar-refractivity contribution in [3.63, 3.8) is 0 Å². The van der Waals surface area contributed by atoms with Crippen LogP contribution in [0.3, 0.4) is 0 Å². The minimum Gasteiger partial charge on any atom is -0.493 e. The molecular formula is C24H25BrN2O5S. The van der Waals surface area contributed by atoms with Crippen LogP contribution in [0.25, 0.3) is 6.08 Å². The van der Waals surface area contributed by atoms with Crippen molar-refractivity contribution in [2.45, 2.75) is 33.2 Å². The van der Waals surface area contributed by atoms with Gasteiger partial charge in [0.2, 0.25) is 0 Å². The summed E-state index contributed by atoms with van der Waals surface area (Å²) < 4.78 is 11.7. The van der Waals surface area contributed by atoms with Gasteiger partial charge in [-0.25, -0.2) is 0 Å². The fourth-order valence-corrected chi connectivity index (χ4v) is 4.63. The number of ether oxygens (including phenoxy) is 2. The molecule has 1 atom stereocenters. The van der Waals surface area contributed by atoms with Crippen molar-refractivity contribution in [1.29, 1.82) is 0 Å². The second-order valence-corrected chi connectivity index (χ2v) is 9.39. The van der Waals surface area contributed by atoms with Crippen molar-refractivity contribution in [1.82, 2.24) is 4.90 Å². The van der Waals surface area contributed by atoms with Gasteiger partial charge in [0.1, 0.15) is 0 Å². The van der Waals surface area contributed by atoms with Gasteiger partial charge in [-0.1, -0.05) is 24.6 Å². The van der Waals surface area contributed by atoms with Crippen LogP contribution >= 0.6 is 27.7 Å². The number of thioether (sulfide) groups is 1. The SMILES string of the molecule is CC[C@H](C)N1C(=O)S/C(=C/c2cc(Br)c(OCC(=O)Nc3ccc(C)cc3)c(OC)c2)C1=O. The molecule has 0 spiro atoms. The number of nitrogens with zero attached hydrogens (tertiary/aromatic N) is 1. The Bertz CT molecular complexity index is 1100. The highest BCUT2D eigenvalue weighted by atomic mass is 79.9. The van der Waals surface area contributed by atoms with Crippen molar-refractivity contribution >= 4 is 56.5 Å². The average molecular weight is 533 g/mol. The monoisotopic (exact) mass is 532 g/mol. The van der Waals surface area contributed by atoms with Crippen LogP contribution in [0, 0.1) is 6.92 Å². The topological polar surface area (TPSA) is 84.9 Å². The van der Waals surface area contributed by atoms with Crippen LogP contribution in [0.4, 0.5) is 10.5 Å². The molecule has 0 bridgehead atoms. The summed E-state index contributed by atoms with van der Waals surface area (Å²) in [6, 6.07) is 10.7. The van der Waals surface area contributed by atoms with Crippen LogP contribution in [0.1, 0.15) is 31.4 Å². The van der Waals surface area contributed by atoms with E-state index >= 15 is 0 Å². The highest BCUT2D eigenvalue weighted by Crippen LogP contribution is 2.39. The normalized spacial score (nSPS) is 15.7. The fourth-order valence-electron chi connectivity index (χ4n) is 3.13. The van der Waals surface area contributed by atoms with E-state index in [1.165, 1.54) is 12.0 Å². The van der Waals surface area contributed by atoms with Gasteiger partial charge >= 0.3 is 0 Å². The van der Waals surface area contributed by atoms with Crippen molar-refractivity contribution in [3.05, 3.63) is 56.9 Å². The number of hydrogen-bond donors (Lipinski definition) is 1. The standard InChI is InChI=1S/C24H25BrN2O5S/c1-5-15(3)27-23(29)20(33-24(27)30)12-16-10-18(25)22(19(11-16)31-4)32-13-21(28)26-17-8-6-14(2)7-9-17/h6-12,15H,5,13H2,1-4H3,(H,26,28)/b20-12+/t15-/m0/s1. The van der Waals surface area contributed by atoms with E-state index in [-0.39, 0.29) is 29.7 Å². The number of imide groups is 1. The third-order valence-electron chi connectivity index (χ3n) is 5.09. The molecule has 0 saturated carbocycles. The van der Waals surface area contributed by atoms with Gasteiger partial charge in [0.05, 0.1) is 16.5 Å². The lowest BCUT2D eigenvalue weighted by atomic mass is 10.1. The van der Waals surface area contributed by atoms with E-state index in [2.05, 4.69) is 21.2 Å². The molecule has 1 aliphatic rings. The van der Waals surface area contributed by atoms with Gasteiger partial charge in [-0.2, -0.15) is 0 Å². The predicted molar refractivity (Wildman–Crippen MR) is 134 cm³/mol. The first-order valence-corrected chi connectivity index (χ1v) is 12.0. The maximum Gasteiger partial charge on any atom is 0.293 e. The fraction of sp³-hybridized carbons (Fsp3) is 0.292. The Morgan fingerprint density at radius 1 is 1.24 bits per heavy atom. The Morgan fingerprint density at radius 2 is 1.94 bits per heavy atom. The van der Waals surface area contributed by atoms with E-state index < -0.39 is 0 Å². The highest BCUT2D eigenvalue weighted by molar-refractivity contribution is 9.10. The van der Waals surface area contributed by atoms with Crippen LogP contribution in [0.5, 0.6) is 11.5 Å². The van der Waals surface area contributed by atoms with Crippen LogP contribution < -0.4 is 14.8 Å². The maximum atomic E-state index is 12.7. The van der Waals surface area contributed by atoms with Crippen LogP contribution in [-0.2, 0) is 9.59 Å². The third-order valence-corrected chi connectivity index (χ3v) is 6.56. The van der Waals surface area contributed by atoms with Crippen LogP contribution in [-0.4, -0.2) is 41.7 Å². The number of halogens is 1. The summed E-state index contributed by atoms with van der Waals surface area (Å²) in [7, 11) is 1.49. The van der Waals surface area contributed by atoms with Gasteiger partial charge in [-0.15, -0.1) is 0 Å². The number of aryl methyl sites for hydroxylation is 1. The molecule has 3 rings (SSSR count). The lowest BCUT2D eigenvalue weighted by Gasteiger charge is -2.19. The van der Waals surface area contributed by atoms with Gasteiger partial charge in [0, 0.05) is 11.7 Å². The second kappa shape index (κ2) is 10.9. The molecule has 33 heavy (non-hydrogen) atoms. The molecule has 2 aromatic carbocycles. The van der Waals surface area contributed by atoms with E-state index in [9.17, 15) is 14.4 Å². The first kappa shape index (κ1) is 24.9. The zero-order valence-electron chi connectivity index (χ0n) is 18.8. The van der Waals surface area contributed by atoms with E-state index in [0.29, 0.717) is 38.5 Å². The molecule has 9 heteroatoms. The molecule has 0 radical (unpaired) electrons. The molecule has 1 heterocycles. The molecule has 0 unspecified atom stereocenters. The molecule has 0 aliphatic carbocycles. The number of benzene rings is 2. The average Bonchev–Trinajstić information content (AvgIpc) is 3.06. The molecule has 1 fully saturated rings. The maximum absolute atomic E-state index is 12.7. The molecule has 7 nitrogen and oxygen atoms in total. The Balaban J connectivity index is 1.74. The first-order chi connectivity index (χ1) is 15.7. The number of rotatable bonds is 8. The van der Waals surface area contributed by atoms with E-state index in [1.54, 1.807) is 18.2 Å². The summed E-state index contributed by atoms with van der Waals surface area (Å²) in [5.74, 6) is 0.138. The van der Waals surface area contributed by atoms with Crippen molar-refractivity contribution in [2.75, 3.05) is 19.0 Å². The molecule has 1 N–H and O–H groups in total. The minimum absolute atomic E-state index is 0.161. The minimum atomic E-state index is -0.310. The van der Waals surface area contributed by atoms with E-state index in [4.69, 9.17) is 9.47 Å². The Kier molecular flexibility index (Phi) is 8.20. The number of hydrogen-bond acceptors (Lipinski definition) is 6. The number of carbonyl (C=O) groups is 3. The Labute approximate surface area is 205 Å². The number of carbonyl (C=O) groups excluding carboxylic acids is 3. The van der Waals surface area contributed by atoms with Gasteiger partial charge in [-0.05, 0) is 83.9 Å². The Morgan fingerprint density at radius 3 is 2.58 bits per heavy atom. The predicted octanol–water partition coefficient (Wildman–Crippen LogP) is 5.62. The van der Waals surface area contributed by atoms with Gasteiger partial charge in [-0.3, -0.25) is 19.3 Å². The molecular weight excluding hydrogens is 508 g/mol. The van der Waals surface area contributed by atoms with Crippen molar-refractivity contribution < 1.29 is 23.9 Å². The molecule has 1 aliphatic heterocycles. The zero-order valence-corrected chi connectivity index (χ0v) is 21.2. The molecule has 1 saturated heterocycles. The number of anilines is 1. The molecule has 2 aromatic rings. The van der Waals surface area contributed by atoms with Crippen LogP contribution in [0.15, 0.2) is 45.8 Å². The summed E-state index contributed by atoms with van der Waals surface area (Å²) in [4.78, 5) is 38.8.